The Morgan fingerprint density at radius 1 is 1.00 bits per heavy atom. The predicted molar refractivity (Wildman–Crippen MR) is 145 cm³/mol. The van der Waals surface area contributed by atoms with Gasteiger partial charge < -0.3 is 10.0 Å². The first kappa shape index (κ1) is 28.2. The summed E-state index contributed by atoms with van der Waals surface area (Å²) in [5, 5.41) is 10.4. The molecule has 38 heavy (non-hydrogen) atoms. The van der Waals surface area contributed by atoms with E-state index in [0.29, 0.717) is 17.2 Å². The SMILES string of the molecule is CC(C)(O)c1cnc(N2CCN(S(=O)(=O)c3ccc(Cl)nc3)C[C@@H]2CN(c2ccccc2)S(C)(=O)=O)nc1. The maximum absolute atomic E-state index is 13.4. The fourth-order valence-corrected chi connectivity index (χ4v) is 6.61. The molecule has 1 saturated heterocycles. The fourth-order valence-electron chi connectivity index (χ4n) is 4.13. The highest BCUT2D eigenvalue weighted by Gasteiger charge is 2.38. The molecule has 0 spiro atoms. The predicted octanol–water partition coefficient (Wildman–Crippen LogP) is 2.10. The summed E-state index contributed by atoms with van der Waals surface area (Å²) < 4.78 is 55.1. The Hall–Kier alpha value is -2.84. The molecule has 11 nitrogen and oxygen atoms in total. The van der Waals surface area contributed by atoms with E-state index in [1.165, 1.54) is 39.3 Å². The summed E-state index contributed by atoms with van der Waals surface area (Å²) in [6, 6.07) is 10.8. The van der Waals surface area contributed by atoms with Crippen LogP contribution in [0.5, 0.6) is 0 Å². The average molecular weight is 581 g/mol. The van der Waals surface area contributed by atoms with Gasteiger partial charge in [-0.1, -0.05) is 29.8 Å². The lowest BCUT2D eigenvalue weighted by molar-refractivity contribution is 0.0778. The number of rotatable bonds is 8. The first-order valence-corrected chi connectivity index (χ1v) is 15.4. The summed E-state index contributed by atoms with van der Waals surface area (Å²) in [6.07, 6.45) is 5.32. The number of benzene rings is 1. The third-order valence-electron chi connectivity index (χ3n) is 6.21. The molecule has 0 radical (unpaired) electrons. The number of pyridine rings is 1. The zero-order valence-corrected chi connectivity index (χ0v) is 23.5. The van der Waals surface area contributed by atoms with Crippen molar-refractivity contribution in [2.75, 3.05) is 41.6 Å². The van der Waals surface area contributed by atoms with Crippen LogP contribution in [0.4, 0.5) is 11.6 Å². The Bertz CT molecular complexity index is 1470. The number of aliphatic hydroxyl groups is 1. The average Bonchev–Trinajstić information content (AvgIpc) is 2.87. The van der Waals surface area contributed by atoms with Gasteiger partial charge in [0.1, 0.15) is 10.0 Å². The van der Waals surface area contributed by atoms with E-state index in [2.05, 4.69) is 15.0 Å². The molecule has 1 aliphatic rings. The van der Waals surface area contributed by atoms with Crippen LogP contribution in [0, 0.1) is 0 Å². The Balaban J connectivity index is 1.71. The smallest absolute Gasteiger partial charge is 0.244 e. The number of anilines is 2. The summed E-state index contributed by atoms with van der Waals surface area (Å²) in [5.41, 5.74) is -0.177. The van der Waals surface area contributed by atoms with Gasteiger partial charge in [-0.2, -0.15) is 4.31 Å². The number of hydrogen-bond acceptors (Lipinski definition) is 9. The lowest BCUT2D eigenvalue weighted by Crippen LogP contribution is -2.59. The Morgan fingerprint density at radius 3 is 2.21 bits per heavy atom. The van der Waals surface area contributed by atoms with Crippen LogP contribution in [0.1, 0.15) is 19.4 Å². The fraction of sp³-hybridized carbons (Fsp3) is 0.375. The third kappa shape index (κ3) is 6.24. The molecule has 1 aliphatic heterocycles. The van der Waals surface area contributed by atoms with E-state index in [1.54, 1.807) is 49.1 Å². The molecule has 3 aromatic rings. The highest BCUT2D eigenvalue weighted by molar-refractivity contribution is 7.92. The van der Waals surface area contributed by atoms with Crippen molar-refractivity contribution in [1.29, 1.82) is 0 Å². The van der Waals surface area contributed by atoms with Crippen molar-refractivity contribution in [1.82, 2.24) is 19.3 Å². The molecule has 3 heterocycles. The van der Waals surface area contributed by atoms with Crippen LogP contribution >= 0.6 is 11.6 Å². The van der Waals surface area contributed by atoms with Gasteiger partial charge in [-0.25, -0.2) is 31.8 Å². The summed E-state index contributed by atoms with van der Waals surface area (Å²) in [6.45, 7) is 3.48. The van der Waals surface area contributed by atoms with E-state index >= 15 is 0 Å². The number of aromatic nitrogens is 3. The van der Waals surface area contributed by atoms with Crippen molar-refractivity contribution in [2.24, 2.45) is 0 Å². The van der Waals surface area contributed by atoms with Gasteiger partial charge in [0.25, 0.3) is 0 Å². The topological polar surface area (TPSA) is 137 Å². The lowest BCUT2D eigenvalue weighted by atomic mass is 10.0. The van der Waals surface area contributed by atoms with Crippen molar-refractivity contribution in [3.05, 3.63) is 71.8 Å². The molecule has 1 fully saturated rings. The molecule has 1 aromatic carbocycles. The number of sulfonamides is 2. The van der Waals surface area contributed by atoms with E-state index < -0.39 is 31.7 Å². The lowest BCUT2D eigenvalue weighted by Gasteiger charge is -2.42. The van der Waals surface area contributed by atoms with Crippen molar-refractivity contribution >= 4 is 43.3 Å². The van der Waals surface area contributed by atoms with Crippen LogP contribution in [0.2, 0.25) is 5.15 Å². The molecule has 0 bridgehead atoms. The summed E-state index contributed by atoms with van der Waals surface area (Å²) >= 11 is 5.84. The van der Waals surface area contributed by atoms with Crippen LogP contribution in [0.25, 0.3) is 0 Å². The first-order valence-electron chi connectivity index (χ1n) is 11.7. The molecule has 4 rings (SSSR count). The van der Waals surface area contributed by atoms with E-state index in [1.807, 2.05) is 0 Å². The van der Waals surface area contributed by atoms with Crippen molar-refractivity contribution in [2.45, 2.75) is 30.4 Å². The van der Waals surface area contributed by atoms with Crippen molar-refractivity contribution in [3.8, 4) is 0 Å². The van der Waals surface area contributed by atoms with Crippen LogP contribution in [0.3, 0.4) is 0 Å². The van der Waals surface area contributed by atoms with Crippen molar-refractivity contribution < 1.29 is 21.9 Å². The quantitative estimate of drug-likeness (QED) is 0.397. The first-order chi connectivity index (χ1) is 17.8. The zero-order valence-electron chi connectivity index (χ0n) is 21.1. The van der Waals surface area contributed by atoms with Gasteiger partial charge in [0.2, 0.25) is 26.0 Å². The van der Waals surface area contributed by atoms with Crippen LogP contribution < -0.4 is 9.21 Å². The van der Waals surface area contributed by atoms with Gasteiger partial charge >= 0.3 is 0 Å². The number of piperazine rings is 1. The van der Waals surface area contributed by atoms with E-state index in [9.17, 15) is 21.9 Å². The van der Waals surface area contributed by atoms with E-state index in [0.717, 1.165) is 6.26 Å². The highest BCUT2D eigenvalue weighted by Crippen LogP contribution is 2.27. The molecule has 14 heteroatoms. The number of halogens is 1. The molecule has 204 valence electrons. The van der Waals surface area contributed by atoms with Gasteiger partial charge in [0, 0.05) is 43.8 Å². The van der Waals surface area contributed by atoms with E-state index in [4.69, 9.17) is 11.6 Å². The summed E-state index contributed by atoms with van der Waals surface area (Å²) in [4.78, 5) is 14.5. The number of nitrogens with zero attached hydrogens (tertiary/aromatic N) is 6. The highest BCUT2D eigenvalue weighted by atomic mass is 35.5. The molecular weight excluding hydrogens is 552 g/mol. The maximum Gasteiger partial charge on any atom is 0.244 e. The van der Waals surface area contributed by atoms with Crippen LogP contribution in [-0.4, -0.2) is 79.7 Å². The molecule has 0 amide bonds. The second-order valence-electron chi connectivity index (χ2n) is 9.49. The molecule has 0 unspecified atom stereocenters. The minimum Gasteiger partial charge on any atom is -0.386 e. The van der Waals surface area contributed by atoms with E-state index in [-0.39, 0.29) is 36.2 Å². The largest absolute Gasteiger partial charge is 0.386 e. The standard InChI is InChI=1S/C24H29ClN6O5S2/c1-24(2,32)18-13-27-23(28-14-18)30-12-11-29(38(35,36)21-9-10-22(25)26-15-21)16-20(30)17-31(37(3,33)34)19-7-5-4-6-8-19/h4-10,13-15,20,32H,11-12,16-17H2,1-3H3/t20-/m1/s1. The molecule has 0 saturated carbocycles. The van der Waals surface area contributed by atoms with Gasteiger partial charge in [-0.3, -0.25) is 4.31 Å². The Labute approximate surface area is 227 Å². The second-order valence-corrected chi connectivity index (χ2v) is 13.7. The Kier molecular flexibility index (Phi) is 7.96. The van der Waals surface area contributed by atoms with Gasteiger partial charge in [0.05, 0.1) is 30.1 Å². The molecule has 0 aliphatic carbocycles. The number of para-hydroxylation sites is 1. The normalized spacial score (nSPS) is 17.4. The van der Waals surface area contributed by atoms with Crippen molar-refractivity contribution in [3.63, 3.8) is 0 Å². The van der Waals surface area contributed by atoms with Gasteiger partial charge in [0.15, 0.2) is 0 Å². The third-order valence-corrected chi connectivity index (χ3v) is 9.44. The molecular formula is C24H29ClN6O5S2. The zero-order chi connectivity index (χ0) is 27.7. The van der Waals surface area contributed by atoms with Crippen LogP contribution in [0.15, 0.2) is 66.0 Å². The number of hydrogen-bond donors (Lipinski definition) is 1. The summed E-state index contributed by atoms with van der Waals surface area (Å²) in [5.74, 6) is 0.301. The van der Waals surface area contributed by atoms with Gasteiger partial charge in [-0.15, -0.1) is 0 Å². The minimum atomic E-state index is -3.94. The van der Waals surface area contributed by atoms with Gasteiger partial charge in [-0.05, 0) is 38.1 Å². The Morgan fingerprint density at radius 2 is 1.66 bits per heavy atom. The second kappa shape index (κ2) is 10.7. The maximum atomic E-state index is 13.4. The molecule has 1 N–H and O–H groups in total. The van der Waals surface area contributed by atoms with Crippen LogP contribution in [-0.2, 0) is 25.6 Å². The summed E-state index contributed by atoms with van der Waals surface area (Å²) in [7, 11) is -7.65. The minimum absolute atomic E-state index is 0.0112. The molecule has 1 atom stereocenters. The molecule has 2 aromatic heterocycles. The monoisotopic (exact) mass is 580 g/mol.